The number of nitrogens with one attached hydrogen (secondary N) is 3. The molecule has 5 nitrogen and oxygen atoms in total. The van der Waals surface area contributed by atoms with Crippen LogP contribution in [0.15, 0.2) is 150 Å². The number of amidine groups is 1. The molecule has 3 heterocycles. The predicted molar refractivity (Wildman–Crippen MR) is 195 cm³/mol. The summed E-state index contributed by atoms with van der Waals surface area (Å²) in [6.45, 7) is 0. The van der Waals surface area contributed by atoms with Gasteiger partial charge in [-0.05, 0) is 78.0 Å². The van der Waals surface area contributed by atoms with Crippen molar-refractivity contribution >= 4 is 60.8 Å². The predicted octanol–water partition coefficient (Wildman–Crippen LogP) is 8.40. The second-order valence-corrected chi connectivity index (χ2v) is 12.7. The number of rotatable bonds is 4. The fourth-order valence-electron chi connectivity index (χ4n) is 7.75. The summed E-state index contributed by atoms with van der Waals surface area (Å²) in [7, 11) is 0. The first kappa shape index (κ1) is 26.4. The number of nitrogens with zero attached hydrogens (tertiary/aromatic N) is 2. The molecule has 7 aromatic rings. The molecule has 4 atom stereocenters. The molecule has 0 saturated carbocycles. The Labute approximate surface area is 272 Å². The number of aliphatic imine (C=N–C) groups is 2. The number of fused-ring (bicyclic) bond motifs is 7. The van der Waals surface area contributed by atoms with Crippen LogP contribution in [0.3, 0.4) is 0 Å². The van der Waals surface area contributed by atoms with Crippen LogP contribution in [0.2, 0.25) is 0 Å². The van der Waals surface area contributed by atoms with Crippen molar-refractivity contribution in [3.63, 3.8) is 0 Å². The van der Waals surface area contributed by atoms with E-state index in [1.807, 2.05) is 6.21 Å². The van der Waals surface area contributed by atoms with Gasteiger partial charge in [0.15, 0.2) is 0 Å². The summed E-state index contributed by atoms with van der Waals surface area (Å²) in [5.74, 6) is 0.903. The van der Waals surface area contributed by atoms with Gasteiger partial charge in [0, 0.05) is 17.5 Å². The fraction of sp³-hybridized carbons (Fsp3) is 0.0952. The Morgan fingerprint density at radius 3 is 1.89 bits per heavy atom. The van der Waals surface area contributed by atoms with Crippen LogP contribution in [-0.2, 0) is 0 Å². The van der Waals surface area contributed by atoms with Gasteiger partial charge in [0.1, 0.15) is 24.2 Å². The molecule has 0 fully saturated rings. The highest BCUT2D eigenvalue weighted by Crippen LogP contribution is 2.38. The van der Waals surface area contributed by atoms with Crippen LogP contribution in [0, 0.1) is 0 Å². The topological polar surface area (TPSA) is 60.8 Å². The van der Waals surface area contributed by atoms with Gasteiger partial charge in [-0.1, -0.05) is 121 Å². The minimum absolute atomic E-state index is 0.0155. The molecule has 7 aromatic carbocycles. The summed E-state index contributed by atoms with van der Waals surface area (Å²) >= 11 is 0. The molecular formula is C42H31N5. The van der Waals surface area contributed by atoms with Gasteiger partial charge in [0.05, 0.1) is 6.04 Å². The van der Waals surface area contributed by atoms with Crippen molar-refractivity contribution in [3.8, 4) is 0 Å². The van der Waals surface area contributed by atoms with E-state index < -0.39 is 0 Å². The van der Waals surface area contributed by atoms with Crippen LogP contribution in [-0.4, -0.2) is 24.4 Å². The normalized spacial score (nSPS) is 21.6. The molecule has 3 aliphatic heterocycles. The van der Waals surface area contributed by atoms with Crippen LogP contribution < -0.4 is 16.0 Å². The summed E-state index contributed by atoms with van der Waals surface area (Å²) in [5, 5.41) is 21.5. The van der Waals surface area contributed by atoms with Gasteiger partial charge in [-0.3, -0.25) is 10.3 Å². The molecule has 4 unspecified atom stereocenters. The lowest BCUT2D eigenvalue weighted by Crippen LogP contribution is -2.62. The molecule has 0 spiro atoms. The average molecular weight is 606 g/mol. The molecular weight excluding hydrogens is 574 g/mol. The molecule has 3 N–H and O–H groups in total. The van der Waals surface area contributed by atoms with Crippen molar-refractivity contribution in [2.24, 2.45) is 9.98 Å². The summed E-state index contributed by atoms with van der Waals surface area (Å²) in [5.41, 5.74) is 5.93. The summed E-state index contributed by atoms with van der Waals surface area (Å²) < 4.78 is 0. The Morgan fingerprint density at radius 2 is 1.13 bits per heavy atom. The Balaban J connectivity index is 1.12. The van der Waals surface area contributed by atoms with E-state index in [4.69, 9.17) is 9.98 Å². The minimum Gasteiger partial charge on any atom is -0.363 e. The van der Waals surface area contributed by atoms with Crippen LogP contribution in [0.25, 0.3) is 48.8 Å². The van der Waals surface area contributed by atoms with Gasteiger partial charge >= 0.3 is 0 Å². The van der Waals surface area contributed by atoms with Crippen molar-refractivity contribution in [1.82, 2.24) is 16.0 Å². The van der Waals surface area contributed by atoms with E-state index in [1.54, 1.807) is 0 Å². The van der Waals surface area contributed by atoms with E-state index in [0.717, 1.165) is 11.5 Å². The van der Waals surface area contributed by atoms with E-state index in [9.17, 15) is 0 Å². The molecule has 224 valence electrons. The highest BCUT2D eigenvalue weighted by Gasteiger charge is 2.38. The lowest BCUT2D eigenvalue weighted by atomic mass is 9.90. The van der Waals surface area contributed by atoms with E-state index in [0.29, 0.717) is 0 Å². The van der Waals surface area contributed by atoms with Crippen LogP contribution >= 0.6 is 0 Å². The van der Waals surface area contributed by atoms with Crippen molar-refractivity contribution in [3.05, 3.63) is 162 Å². The maximum Gasteiger partial charge on any atom is 0.148 e. The van der Waals surface area contributed by atoms with Crippen LogP contribution in [0.5, 0.6) is 0 Å². The van der Waals surface area contributed by atoms with Gasteiger partial charge < -0.3 is 10.6 Å². The molecule has 0 aliphatic carbocycles. The molecule has 10 rings (SSSR count). The molecule has 47 heavy (non-hydrogen) atoms. The highest BCUT2D eigenvalue weighted by atomic mass is 15.3. The minimum atomic E-state index is -0.215. The third kappa shape index (κ3) is 4.20. The van der Waals surface area contributed by atoms with E-state index in [-0.39, 0.29) is 24.4 Å². The molecule has 0 saturated heterocycles. The van der Waals surface area contributed by atoms with Crippen LogP contribution in [0.4, 0.5) is 0 Å². The number of benzene rings is 7. The zero-order chi connectivity index (χ0) is 30.9. The third-order valence-corrected chi connectivity index (χ3v) is 10.0. The molecule has 0 bridgehead atoms. The Kier molecular flexibility index (Phi) is 5.84. The van der Waals surface area contributed by atoms with E-state index >= 15 is 0 Å². The van der Waals surface area contributed by atoms with E-state index in [1.165, 1.54) is 65.3 Å². The van der Waals surface area contributed by atoms with Gasteiger partial charge in [-0.25, -0.2) is 4.99 Å². The van der Waals surface area contributed by atoms with E-state index in [2.05, 4.69) is 155 Å². The Morgan fingerprint density at radius 1 is 0.532 bits per heavy atom. The van der Waals surface area contributed by atoms with Crippen molar-refractivity contribution < 1.29 is 0 Å². The van der Waals surface area contributed by atoms with Crippen LogP contribution in [0.1, 0.15) is 34.3 Å². The lowest BCUT2D eigenvalue weighted by Gasteiger charge is -2.40. The zero-order valence-corrected chi connectivity index (χ0v) is 25.6. The number of hydrogen-bond acceptors (Lipinski definition) is 5. The highest BCUT2D eigenvalue weighted by molar-refractivity contribution is 6.12. The monoisotopic (exact) mass is 605 g/mol. The second-order valence-electron chi connectivity index (χ2n) is 12.7. The van der Waals surface area contributed by atoms with Gasteiger partial charge in [-0.2, -0.15) is 0 Å². The molecule has 0 amide bonds. The smallest absolute Gasteiger partial charge is 0.148 e. The van der Waals surface area contributed by atoms with Gasteiger partial charge in [0.25, 0.3) is 0 Å². The maximum atomic E-state index is 5.15. The fourth-order valence-corrected chi connectivity index (χ4v) is 7.75. The van der Waals surface area contributed by atoms with Crippen molar-refractivity contribution in [1.29, 1.82) is 0 Å². The van der Waals surface area contributed by atoms with Gasteiger partial charge in [-0.15, -0.1) is 0 Å². The molecule has 0 aromatic heterocycles. The SMILES string of the molecule is C1=NC(C2N=C(C3NC(c4cc5ccccc5c5ccccc45)=CC(c4cc5ccccc5c5ccccc45)N3)N2)c2ccccc21. The maximum absolute atomic E-state index is 5.15. The summed E-state index contributed by atoms with van der Waals surface area (Å²) in [4.78, 5) is 9.96. The third-order valence-electron chi connectivity index (χ3n) is 10.0. The molecule has 0 radical (unpaired) electrons. The average Bonchev–Trinajstić information content (AvgIpc) is 3.54. The second kappa shape index (κ2) is 10.4. The quantitative estimate of drug-likeness (QED) is 0.177. The summed E-state index contributed by atoms with van der Waals surface area (Å²) in [6, 6.07) is 47.9. The first-order valence-electron chi connectivity index (χ1n) is 16.3. The van der Waals surface area contributed by atoms with Crippen molar-refractivity contribution in [2.45, 2.75) is 24.4 Å². The van der Waals surface area contributed by atoms with Crippen molar-refractivity contribution in [2.75, 3.05) is 0 Å². The molecule has 3 aliphatic rings. The lowest BCUT2D eigenvalue weighted by molar-refractivity contribution is 0.432. The molecule has 5 heteroatoms. The first-order chi connectivity index (χ1) is 23.3. The van der Waals surface area contributed by atoms with Gasteiger partial charge in [0.2, 0.25) is 0 Å². The number of hydrogen-bond donors (Lipinski definition) is 3. The standard InChI is InChI=1S/C42H31N5/c1-4-14-28-25(11-1)21-35(33-19-9-7-17-31(28)33)37-23-38(36-22-26-12-2-5-15-29(26)32-18-8-10-20-34(32)36)45-41(44-37)42-46-40(47-42)39-30-16-6-3-13-27(30)24-43-39/h1-24,37,39-41,44-45H,(H,46,47). The zero-order valence-electron chi connectivity index (χ0n) is 25.6. The summed E-state index contributed by atoms with van der Waals surface area (Å²) in [6.07, 6.45) is 4.02. The Bertz CT molecular complexity index is 2490. The first-order valence-corrected chi connectivity index (χ1v) is 16.3. The Hall–Kier alpha value is -5.78. The largest absolute Gasteiger partial charge is 0.363 e.